The molecule has 0 aliphatic heterocycles. The van der Waals surface area contributed by atoms with Crippen molar-refractivity contribution >= 4 is 29.2 Å². The SMILES string of the molecule is CCOc1nc(NN)nc(Nc2ccc(Cl)c(F)c2)n1. The van der Waals surface area contributed by atoms with E-state index < -0.39 is 5.82 Å². The van der Waals surface area contributed by atoms with Crippen LogP contribution in [0.1, 0.15) is 6.92 Å². The molecule has 20 heavy (non-hydrogen) atoms. The smallest absolute Gasteiger partial charge is 0.323 e. The fraction of sp³-hybridized carbons (Fsp3) is 0.182. The van der Waals surface area contributed by atoms with Crippen molar-refractivity contribution in [2.24, 2.45) is 5.84 Å². The van der Waals surface area contributed by atoms with E-state index in [2.05, 4.69) is 25.7 Å². The predicted octanol–water partition coefficient (Wildman–Crippen LogP) is 2.09. The number of hydrogen-bond acceptors (Lipinski definition) is 7. The zero-order chi connectivity index (χ0) is 14.5. The van der Waals surface area contributed by atoms with Crippen LogP contribution in [-0.2, 0) is 0 Å². The standard InChI is InChI=1S/C11H12ClFN6O/c1-2-20-11-17-9(16-10(18-11)19-14)15-6-3-4-7(12)8(13)5-6/h3-5H,2,14H2,1H3,(H2,15,16,17,18,19). The van der Waals surface area contributed by atoms with Gasteiger partial charge in [0.05, 0.1) is 11.6 Å². The monoisotopic (exact) mass is 298 g/mol. The van der Waals surface area contributed by atoms with Crippen molar-refractivity contribution in [3.8, 4) is 6.01 Å². The summed E-state index contributed by atoms with van der Waals surface area (Å²) in [5, 5.41) is 2.84. The lowest BCUT2D eigenvalue weighted by Gasteiger charge is -2.08. The molecular formula is C11H12ClFN6O. The van der Waals surface area contributed by atoms with E-state index in [-0.39, 0.29) is 22.9 Å². The molecule has 2 aromatic rings. The van der Waals surface area contributed by atoms with Gasteiger partial charge in [0.15, 0.2) is 0 Å². The number of nitrogens with zero attached hydrogens (tertiary/aromatic N) is 3. The Kier molecular flexibility index (Phi) is 4.49. The predicted molar refractivity (Wildman–Crippen MR) is 73.5 cm³/mol. The average molecular weight is 299 g/mol. The van der Waals surface area contributed by atoms with Crippen molar-refractivity contribution in [3.63, 3.8) is 0 Å². The molecule has 1 aromatic carbocycles. The molecule has 0 bridgehead atoms. The summed E-state index contributed by atoms with van der Waals surface area (Å²) in [5.74, 6) is 5.00. The van der Waals surface area contributed by atoms with Crippen LogP contribution >= 0.6 is 11.6 Å². The minimum atomic E-state index is -0.548. The summed E-state index contributed by atoms with van der Waals surface area (Å²) in [6, 6.07) is 4.34. The van der Waals surface area contributed by atoms with E-state index in [1.807, 2.05) is 0 Å². The molecule has 0 saturated heterocycles. The number of rotatable bonds is 5. The highest BCUT2D eigenvalue weighted by molar-refractivity contribution is 6.30. The number of hydrogen-bond donors (Lipinski definition) is 3. The number of anilines is 3. The first-order chi connectivity index (χ1) is 9.62. The second kappa shape index (κ2) is 6.31. The Morgan fingerprint density at radius 3 is 2.70 bits per heavy atom. The fourth-order valence-electron chi connectivity index (χ4n) is 1.37. The van der Waals surface area contributed by atoms with E-state index in [1.54, 1.807) is 13.0 Å². The molecule has 0 radical (unpaired) electrons. The third-order valence-corrected chi connectivity index (χ3v) is 2.50. The van der Waals surface area contributed by atoms with Gasteiger partial charge >= 0.3 is 6.01 Å². The lowest BCUT2D eigenvalue weighted by Crippen LogP contribution is -2.13. The summed E-state index contributed by atoms with van der Waals surface area (Å²) in [5.41, 5.74) is 2.73. The minimum absolute atomic E-state index is 0.0329. The highest BCUT2D eigenvalue weighted by Crippen LogP contribution is 2.21. The van der Waals surface area contributed by atoms with Gasteiger partial charge in [-0.3, -0.25) is 5.43 Å². The molecule has 0 aliphatic rings. The van der Waals surface area contributed by atoms with Crippen LogP contribution < -0.4 is 21.3 Å². The van der Waals surface area contributed by atoms with Gasteiger partial charge in [-0.2, -0.15) is 15.0 Å². The molecule has 7 nitrogen and oxygen atoms in total. The van der Waals surface area contributed by atoms with Gasteiger partial charge in [0.1, 0.15) is 5.82 Å². The molecule has 9 heteroatoms. The number of halogens is 2. The molecule has 0 amide bonds. The normalized spacial score (nSPS) is 10.2. The number of hydrazine groups is 1. The summed E-state index contributed by atoms with van der Waals surface area (Å²) < 4.78 is 18.5. The number of ether oxygens (including phenoxy) is 1. The van der Waals surface area contributed by atoms with Crippen LogP contribution in [0.2, 0.25) is 5.02 Å². The third-order valence-electron chi connectivity index (χ3n) is 2.19. The van der Waals surface area contributed by atoms with Crippen molar-refractivity contribution in [2.45, 2.75) is 6.92 Å². The molecule has 1 aromatic heterocycles. The first-order valence-electron chi connectivity index (χ1n) is 5.70. The van der Waals surface area contributed by atoms with Crippen molar-refractivity contribution in [3.05, 3.63) is 29.0 Å². The van der Waals surface area contributed by atoms with Gasteiger partial charge in [-0.25, -0.2) is 10.2 Å². The van der Waals surface area contributed by atoms with Crippen molar-refractivity contribution < 1.29 is 9.13 Å². The van der Waals surface area contributed by atoms with E-state index in [4.69, 9.17) is 22.2 Å². The van der Waals surface area contributed by atoms with Crippen molar-refractivity contribution in [1.29, 1.82) is 0 Å². The van der Waals surface area contributed by atoms with Crippen LogP contribution in [0.25, 0.3) is 0 Å². The Balaban J connectivity index is 2.27. The van der Waals surface area contributed by atoms with Crippen molar-refractivity contribution in [2.75, 3.05) is 17.3 Å². The van der Waals surface area contributed by atoms with Crippen LogP contribution in [0.15, 0.2) is 18.2 Å². The van der Waals surface area contributed by atoms with Crippen LogP contribution in [0.4, 0.5) is 22.0 Å². The molecule has 1 heterocycles. The van der Waals surface area contributed by atoms with E-state index in [0.29, 0.717) is 12.3 Å². The lowest BCUT2D eigenvalue weighted by molar-refractivity contribution is 0.312. The molecule has 106 valence electrons. The molecule has 0 aliphatic carbocycles. The Bertz CT molecular complexity index is 611. The number of nitrogen functional groups attached to an aromatic ring is 1. The van der Waals surface area contributed by atoms with E-state index in [0.717, 1.165) is 0 Å². The molecule has 4 N–H and O–H groups in total. The summed E-state index contributed by atoms with van der Waals surface area (Å²) >= 11 is 5.61. The Labute approximate surface area is 119 Å². The Hall–Kier alpha value is -2.19. The van der Waals surface area contributed by atoms with Gasteiger partial charge in [-0.15, -0.1) is 0 Å². The van der Waals surface area contributed by atoms with Crippen LogP contribution in [-0.4, -0.2) is 21.6 Å². The van der Waals surface area contributed by atoms with Crippen LogP contribution in [0, 0.1) is 5.82 Å². The maximum atomic E-state index is 13.3. The van der Waals surface area contributed by atoms with E-state index >= 15 is 0 Å². The van der Waals surface area contributed by atoms with Crippen LogP contribution in [0.5, 0.6) is 6.01 Å². The molecule has 2 rings (SSSR count). The maximum absolute atomic E-state index is 13.3. The van der Waals surface area contributed by atoms with E-state index in [1.165, 1.54) is 12.1 Å². The van der Waals surface area contributed by atoms with Gasteiger partial charge in [0, 0.05) is 5.69 Å². The number of benzene rings is 1. The highest BCUT2D eigenvalue weighted by atomic mass is 35.5. The molecule has 0 atom stereocenters. The second-order valence-electron chi connectivity index (χ2n) is 3.60. The maximum Gasteiger partial charge on any atom is 0.323 e. The zero-order valence-electron chi connectivity index (χ0n) is 10.5. The largest absolute Gasteiger partial charge is 0.464 e. The highest BCUT2D eigenvalue weighted by Gasteiger charge is 2.08. The van der Waals surface area contributed by atoms with Gasteiger partial charge in [0.2, 0.25) is 11.9 Å². The lowest BCUT2D eigenvalue weighted by atomic mass is 10.3. The van der Waals surface area contributed by atoms with Gasteiger partial charge < -0.3 is 10.1 Å². The summed E-state index contributed by atoms with van der Waals surface area (Å²) in [7, 11) is 0. The van der Waals surface area contributed by atoms with Gasteiger partial charge in [-0.1, -0.05) is 11.6 Å². The summed E-state index contributed by atoms with van der Waals surface area (Å²) in [6.45, 7) is 2.18. The van der Waals surface area contributed by atoms with Gasteiger partial charge in [-0.05, 0) is 25.1 Å². The number of nitrogens with one attached hydrogen (secondary N) is 2. The summed E-state index contributed by atoms with van der Waals surface area (Å²) in [4.78, 5) is 11.9. The fourth-order valence-corrected chi connectivity index (χ4v) is 1.49. The quantitative estimate of drug-likeness (QED) is 0.574. The molecule has 0 fully saturated rings. The second-order valence-corrected chi connectivity index (χ2v) is 4.00. The average Bonchev–Trinajstić information content (AvgIpc) is 2.43. The number of nitrogens with two attached hydrogens (primary N) is 1. The molecule has 0 unspecified atom stereocenters. The van der Waals surface area contributed by atoms with Gasteiger partial charge in [0.25, 0.3) is 0 Å². The number of aromatic nitrogens is 3. The van der Waals surface area contributed by atoms with Crippen molar-refractivity contribution in [1.82, 2.24) is 15.0 Å². The molecular weight excluding hydrogens is 287 g/mol. The minimum Gasteiger partial charge on any atom is -0.464 e. The molecule has 0 spiro atoms. The Morgan fingerprint density at radius 1 is 1.30 bits per heavy atom. The van der Waals surface area contributed by atoms with Crippen LogP contribution in [0.3, 0.4) is 0 Å². The first-order valence-corrected chi connectivity index (χ1v) is 6.07. The summed E-state index contributed by atoms with van der Waals surface area (Å²) in [6.07, 6.45) is 0. The first kappa shape index (κ1) is 14.2. The van der Waals surface area contributed by atoms with E-state index in [9.17, 15) is 4.39 Å². The topological polar surface area (TPSA) is 98.0 Å². The Morgan fingerprint density at radius 2 is 2.05 bits per heavy atom. The third kappa shape index (κ3) is 3.43. The zero-order valence-corrected chi connectivity index (χ0v) is 11.3. The molecule has 0 saturated carbocycles.